The first kappa shape index (κ1) is 13.8. The zero-order valence-corrected chi connectivity index (χ0v) is 11.9. The van der Waals surface area contributed by atoms with Crippen LogP contribution in [0.5, 0.6) is 0 Å². The summed E-state index contributed by atoms with van der Waals surface area (Å²) >= 11 is 0. The van der Waals surface area contributed by atoms with Crippen LogP contribution in [-0.2, 0) is 0 Å². The number of nitrogens with one attached hydrogen (secondary N) is 2. The zero-order valence-electron chi connectivity index (χ0n) is 11.9. The first-order valence-corrected chi connectivity index (χ1v) is 7.28. The van der Waals surface area contributed by atoms with E-state index in [2.05, 4.69) is 30.4 Å². The molecule has 0 radical (unpaired) electrons. The minimum Gasteiger partial charge on any atom is -0.395 e. The van der Waals surface area contributed by atoms with Gasteiger partial charge in [-0.15, -0.1) is 0 Å². The molecule has 21 heavy (non-hydrogen) atoms. The summed E-state index contributed by atoms with van der Waals surface area (Å²) in [5.74, 6) is 2.14. The summed E-state index contributed by atoms with van der Waals surface area (Å²) in [6.45, 7) is 2.51. The maximum Gasteiger partial charge on any atom is 0.134 e. The van der Waals surface area contributed by atoms with E-state index in [1.54, 1.807) is 12.5 Å². The number of hydrogen-bond acceptors (Lipinski definition) is 6. The number of aliphatic hydroxyl groups is 1. The van der Waals surface area contributed by atoms with E-state index in [9.17, 15) is 0 Å². The molecule has 1 saturated heterocycles. The van der Waals surface area contributed by atoms with Crippen LogP contribution in [-0.4, -0.2) is 51.5 Å². The highest BCUT2D eigenvalue weighted by Gasteiger charge is 2.23. The molecule has 0 aliphatic carbocycles. The molecule has 0 spiro atoms. The fourth-order valence-corrected chi connectivity index (χ4v) is 2.73. The van der Waals surface area contributed by atoms with E-state index in [1.807, 2.05) is 12.1 Å². The zero-order chi connectivity index (χ0) is 14.5. The van der Waals surface area contributed by atoms with Crippen molar-refractivity contribution < 1.29 is 5.11 Å². The fourth-order valence-electron chi connectivity index (χ4n) is 2.73. The third-order valence-corrected chi connectivity index (χ3v) is 3.78. The summed E-state index contributed by atoms with van der Waals surface area (Å²) in [7, 11) is 0. The van der Waals surface area contributed by atoms with Gasteiger partial charge in [-0.25, -0.2) is 9.97 Å². The van der Waals surface area contributed by atoms with E-state index < -0.39 is 0 Å². The first-order valence-electron chi connectivity index (χ1n) is 7.28. The van der Waals surface area contributed by atoms with Gasteiger partial charge in [0.05, 0.1) is 6.61 Å². The number of H-pyrrole nitrogens is 1. The largest absolute Gasteiger partial charge is 0.395 e. The molecule has 0 unspecified atom stereocenters. The molecule has 3 N–H and O–H groups in total. The Bertz CT molecular complexity index is 558. The number of nitrogens with zero attached hydrogens (tertiary/aromatic N) is 4. The molecule has 1 aliphatic rings. The minimum absolute atomic E-state index is 0.0882. The molecule has 7 nitrogen and oxygen atoms in total. The van der Waals surface area contributed by atoms with Crippen LogP contribution in [0, 0.1) is 0 Å². The normalized spacial score (nSPS) is 18.7. The van der Waals surface area contributed by atoms with Crippen LogP contribution >= 0.6 is 0 Å². The SMILES string of the molecule is OCCNc1cc(N2CCC[C@@H](c3ccn[nH]3)C2)ncn1. The summed E-state index contributed by atoms with van der Waals surface area (Å²) in [6, 6.07) is 3.98. The highest BCUT2D eigenvalue weighted by molar-refractivity contribution is 5.49. The lowest BCUT2D eigenvalue weighted by molar-refractivity contribution is 0.311. The van der Waals surface area contributed by atoms with Crippen LogP contribution in [0.4, 0.5) is 11.6 Å². The van der Waals surface area contributed by atoms with Crippen molar-refractivity contribution in [3.8, 4) is 0 Å². The second-order valence-electron chi connectivity index (χ2n) is 5.21. The lowest BCUT2D eigenvalue weighted by atomic mass is 9.95. The van der Waals surface area contributed by atoms with Crippen molar-refractivity contribution >= 4 is 11.6 Å². The molecular weight excluding hydrogens is 268 g/mol. The summed E-state index contributed by atoms with van der Waals surface area (Å²) in [5, 5.41) is 19.0. The van der Waals surface area contributed by atoms with Gasteiger partial charge in [0.2, 0.25) is 0 Å². The third kappa shape index (κ3) is 3.30. The smallest absolute Gasteiger partial charge is 0.134 e. The Balaban J connectivity index is 1.71. The van der Waals surface area contributed by atoms with Crippen LogP contribution in [0.3, 0.4) is 0 Å². The molecule has 1 aliphatic heterocycles. The average molecular weight is 288 g/mol. The molecule has 2 aromatic heterocycles. The topological polar surface area (TPSA) is 90.0 Å². The third-order valence-electron chi connectivity index (χ3n) is 3.78. The number of piperidine rings is 1. The van der Waals surface area contributed by atoms with Crippen molar-refractivity contribution in [1.82, 2.24) is 20.2 Å². The average Bonchev–Trinajstić information content (AvgIpc) is 3.08. The van der Waals surface area contributed by atoms with Gasteiger partial charge in [-0.05, 0) is 18.9 Å². The summed E-state index contributed by atoms with van der Waals surface area (Å²) < 4.78 is 0. The van der Waals surface area contributed by atoms with E-state index in [1.165, 1.54) is 12.1 Å². The van der Waals surface area contributed by atoms with E-state index in [0.717, 1.165) is 31.1 Å². The standard InChI is InChI=1S/C14H20N6O/c21-7-5-15-13-8-14(17-10-16-13)20-6-1-2-11(9-20)12-3-4-18-19-12/h3-4,8,10-11,21H,1-2,5-7,9H2,(H,18,19)(H,15,16,17)/t11-/m1/s1. The molecule has 2 aromatic rings. The molecule has 1 atom stereocenters. The minimum atomic E-state index is 0.0882. The van der Waals surface area contributed by atoms with Crippen LogP contribution in [0.15, 0.2) is 24.7 Å². The monoisotopic (exact) mass is 288 g/mol. The van der Waals surface area contributed by atoms with Gasteiger partial charge in [0.15, 0.2) is 0 Å². The number of rotatable bonds is 5. The van der Waals surface area contributed by atoms with Crippen molar-refractivity contribution in [3.05, 3.63) is 30.4 Å². The number of aliphatic hydroxyl groups excluding tert-OH is 1. The second kappa shape index (κ2) is 6.53. The summed E-state index contributed by atoms with van der Waals surface area (Å²) in [4.78, 5) is 10.8. The Morgan fingerprint density at radius 1 is 1.43 bits per heavy atom. The quantitative estimate of drug-likeness (QED) is 0.760. The van der Waals surface area contributed by atoms with E-state index in [0.29, 0.717) is 12.5 Å². The Hall–Kier alpha value is -2.15. The maximum atomic E-state index is 8.86. The predicted molar refractivity (Wildman–Crippen MR) is 80.4 cm³/mol. The molecule has 112 valence electrons. The molecule has 0 amide bonds. The van der Waals surface area contributed by atoms with Crippen LogP contribution in [0.2, 0.25) is 0 Å². The molecule has 3 heterocycles. The first-order chi connectivity index (χ1) is 10.4. The molecule has 0 bridgehead atoms. The Labute approximate surface area is 123 Å². The van der Waals surface area contributed by atoms with E-state index in [4.69, 9.17) is 5.11 Å². The lowest BCUT2D eigenvalue weighted by Crippen LogP contribution is -2.35. The Morgan fingerprint density at radius 3 is 3.19 bits per heavy atom. The lowest BCUT2D eigenvalue weighted by Gasteiger charge is -2.33. The Kier molecular flexibility index (Phi) is 4.30. The molecule has 3 rings (SSSR count). The van der Waals surface area contributed by atoms with Gasteiger partial charge >= 0.3 is 0 Å². The van der Waals surface area contributed by atoms with Gasteiger partial charge < -0.3 is 15.3 Å². The van der Waals surface area contributed by atoms with Gasteiger partial charge in [-0.2, -0.15) is 5.10 Å². The van der Waals surface area contributed by atoms with Gasteiger partial charge in [0.1, 0.15) is 18.0 Å². The van der Waals surface area contributed by atoms with Crippen molar-refractivity contribution in [2.45, 2.75) is 18.8 Å². The fraction of sp³-hybridized carbons (Fsp3) is 0.500. The van der Waals surface area contributed by atoms with Crippen LogP contribution in [0.25, 0.3) is 0 Å². The highest BCUT2D eigenvalue weighted by Crippen LogP contribution is 2.28. The number of hydrogen-bond donors (Lipinski definition) is 3. The number of aromatic nitrogens is 4. The molecule has 7 heteroatoms. The summed E-state index contributed by atoms with van der Waals surface area (Å²) in [6.07, 6.45) is 5.66. The van der Waals surface area contributed by atoms with E-state index >= 15 is 0 Å². The Morgan fingerprint density at radius 2 is 2.38 bits per heavy atom. The van der Waals surface area contributed by atoms with Crippen molar-refractivity contribution in [2.24, 2.45) is 0 Å². The molecule has 0 aromatic carbocycles. The number of anilines is 2. The molecule has 0 saturated carbocycles. The van der Waals surface area contributed by atoms with Crippen molar-refractivity contribution in [3.63, 3.8) is 0 Å². The second-order valence-corrected chi connectivity index (χ2v) is 5.21. The predicted octanol–water partition coefficient (Wildman–Crippen LogP) is 0.988. The van der Waals surface area contributed by atoms with Gasteiger partial charge in [-0.3, -0.25) is 5.10 Å². The van der Waals surface area contributed by atoms with Crippen LogP contribution in [0.1, 0.15) is 24.5 Å². The summed E-state index contributed by atoms with van der Waals surface area (Å²) in [5.41, 5.74) is 1.19. The van der Waals surface area contributed by atoms with Crippen LogP contribution < -0.4 is 10.2 Å². The van der Waals surface area contributed by atoms with Crippen molar-refractivity contribution in [2.75, 3.05) is 36.5 Å². The highest BCUT2D eigenvalue weighted by atomic mass is 16.3. The van der Waals surface area contributed by atoms with Gasteiger partial charge in [-0.1, -0.05) is 0 Å². The number of aromatic amines is 1. The molecule has 1 fully saturated rings. The van der Waals surface area contributed by atoms with Gasteiger partial charge in [0.25, 0.3) is 0 Å². The molecular formula is C14H20N6O. The van der Waals surface area contributed by atoms with Crippen molar-refractivity contribution in [1.29, 1.82) is 0 Å². The maximum absolute atomic E-state index is 8.86. The van der Waals surface area contributed by atoms with E-state index in [-0.39, 0.29) is 6.61 Å². The van der Waals surface area contributed by atoms with Gasteiger partial charge in [0, 0.05) is 43.5 Å².